The maximum Gasteiger partial charge on any atom is 0.302 e. The van der Waals surface area contributed by atoms with Crippen LogP contribution in [-0.2, 0) is 19.6 Å². The average Bonchev–Trinajstić information content (AvgIpc) is 3.33. The Morgan fingerprint density at radius 1 is 1.24 bits per heavy atom. The van der Waals surface area contributed by atoms with Gasteiger partial charge in [0.25, 0.3) is 15.9 Å². The van der Waals surface area contributed by atoms with Crippen LogP contribution in [0.4, 0.5) is 6.01 Å². The number of oxazole rings is 1. The minimum absolute atomic E-state index is 0.0383. The zero-order chi connectivity index (χ0) is 20.8. The number of nitrogens with zero attached hydrogens (tertiary/aromatic N) is 2. The summed E-state index contributed by atoms with van der Waals surface area (Å²) < 4.78 is 37.3. The Labute approximate surface area is 171 Å². The van der Waals surface area contributed by atoms with E-state index in [-0.39, 0.29) is 22.4 Å². The van der Waals surface area contributed by atoms with Crippen LogP contribution in [0.3, 0.4) is 0 Å². The first-order valence-electron chi connectivity index (χ1n) is 8.53. The van der Waals surface area contributed by atoms with Gasteiger partial charge in [0.1, 0.15) is 12.0 Å². The number of nitrogens with one attached hydrogen (secondary N) is 1. The second-order valence-corrected chi connectivity index (χ2v) is 9.48. The molecule has 0 radical (unpaired) electrons. The number of benzene rings is 1. The minimum Gasteiger partial charge on any atom is -0.494 e. The Balaban J connectivity index is 1.71. The van der Waals surface area contributed by atoms with Gasteiger partial charge in [-0.25, -0.2) is 8.42 Å². The van der Waals surface area contributed by atoms with Crippen molar-refractivity contribution in [1.29, 1.82) is 0 Å². The van der Waals surface area contributed by atoms with Crippen LogP contribution in [0.25, 0.3) is 16.3 Å². The summed E-state index contributed by atoms with van der Waals surface area (Å²) in [4.78, 5) is 19.3. The summed E-state index contributed by atoms with van der Waals surface area (Å²) in [6, 6.07) is 10.2. The molecular formula is C19H17N3O5S2. The first kappa shape index (κ1) is 19.2. The van der Waals surface area contributed by atoms with Gasteiger partial charge in [-0.1, -0.05) is 12.1 Å². The van der Waals surface area contributed by atoms with Crippen molar-refractivity contribution in [2.75, 3.05) is 19.5 Å². The number of amides is 1. The highest BCUT2D eigenvalue weighted by molar-refractivity contribution is 7.89. The summed E-state index contributed by atoms with van der Waals surface area (Å²) >= 11 is 1.55. The minimum atomic E-state index is -3.90. The summed E-state index contributed by atoms with van der Waals surface area (Å²) in [5.41, 5.74) is 0.743. The molecule has 1 aliphatic rings. The average molecular weight is 431 g/mol. The lowest BCUT2D eigenvalue weighted by Crippen LogP contribution is -2.37. The molecule has 29 heavy (non-hydrogen) atoms. The standard InChI is InChI=1S/C19H17N3O5S2/c1-11-8-9-14(28-11)13-10-27-19(20-13)21-18(23)16-17(26-3)12-6-4-5-7-15(12)29(24,25)22(16)2/h4-10H,1-3H3,(H,20,21,23). The fraction of sp³-hybridized carbons (Fsp3) is 0.158. The number of aryl methyl sites for hydroxylation is 1. The van der Waals surface area contributed by atoms with Gasteiger partial charge in [0.2, 0.25) is 0 Å². The number of sulfonamides is 1. The van der Waals surface area contributed by atoms with E-state index in [1.54, 1.807) is 29.5 Å². The van der Waals surface area contributed by atoms with Crippen molar-refractivity contribution in [3.05, 3.63) is 58.8 Å². The zero-order valence-electron chi connectivity index (χ0n) is 15.8. The van der Waals surface area contributed by atoms with Crippen molar-refractivity contribution in [1.82, 2.24) is 9.29 Å². The van der Waals surface area contributed by atoms with Gasteiger partial charge in [-0.15, -0.1) is 11.3 Å². The van der Waals surface area contributed by atoms with E-state index in [4.69, 9.17) is 9.15 Å². The predicted molar refractivity (Wildman–Crippen MR) is 109 cm³/mol. The molecule has 1 aliphatic heterocycles. The van der Waals surface area contributed by atoms with E-state index in [2.05, 4.69) is 10.3 Å². The Morgan fingerprint density at radius 3 is 2.69 bits per heavy atom. The second kappa shape index (κ2) is 7.05. The van der Waals surface area contributed by atoms with E-state index in [1.807, 2.05) is 19.1 Å². The van der Waals surface area contributed by atoms with Crippen LogP contribution >= 0.6 is 11.3 Å². The third kappa shape index (κ3) is 3.19. The lowest BCUT2D eigenvalue weighted by molar-refractivity contribution is -0.113. The molecule has 150 valence electrons. The monoisotopic (exact) mass is 431 g/mol. The van der Waals surface area contributed by atoms with Crippen LogP contribution < -0.4 is 5.32 Å². The number of carbonyl (C=O) groups excluding carboxylic acids is 1. The van der Waals surface area contributed by atoms with E-state index >= 15 is 0 Å². The summed E-state index contributed by atoms with van der Waals surface area (Å²) in [6.45, 7) is 1.98. The van der Waals surface area contributed by atoms with Crippen LogP contribution in [0.15, 0.2) is 57.7 Å². The third-order valence-corrected chi connectivity index (χ3v) is 7.28. The van der Waals surface area contributed by atoms with Crippen molar-refractivity contribution in [2.24, 2.45) is 0 Å². The molecule has 1 N–H and O–H groups in total. The Kier molecular flexibility index (Phi) is 4.67. The third-order valence-electron chi connectivity index (χ3n) is 4.44. The molecule has 0 bridgehead atoms. The molecular weight excluding hydrogens is 414 g/mol. The van der Waals surface area contributed by atoms with Crippen LogP contribution in [0.5, 0.6) is 0 Å². The van der Waals surface area contributed by atoms with Crippen LogP contribution in [0.2, 0.25) is 0 Å². The number of rotatable bonds is 4. The van der Waals surface area contributed by atoms with Crippen molar-refractivity contribution >= 4 is 39.0 Å². The molecule has 1 amide bonds. The number of carbonyl (C=O) groups is 1. The lowest BCUT2D eigenvalue weighted by Gasteiger charge is -2.29. The van der Waals surface area contributed by atoms with Gasteiger partial charge < -0.3 is 9.15 Å². The molecule has 0 saturated carbocycles. The molecule has 3 aromatic rings. The second-order valence-electron chi connectivity index (χ2n) is 6.25. The molecule has 0 atom stereocenters. The number of fused-ring (bicyclic) bond motifs is 1. The van der Waals surface area contributed by atoms with Gasteiger partial charge in [-0.3, -0.25) is 14.4 Å². The largest absolute Gasteiger partial charge is 0.494 e. The lowest BCUT2D eigenvalue weighted by atomic mass is 10.1. The Bertz CT molecular complexity index is 1240. The zero-order valence-corrected chi connectivity index (χ0v) is 17.4. The molecule has 10 heteroatoms. The number of thiophene rings is 1. The van der Waals surface area contributed by atoms with Gasteiger partial charge in [0.15, 0.2) is 11.5 Å². The topological polar surface area (TPSA) is 102 Å². The van der Waals surface area contributed by atoms with Crippen molar-refractivity contribution in [2.45, 2.75) is 11.8 Å². The highest BCUT2D eigenvalue weighted by atomic mass is 32.2. The number of hydrogen-bond donors (Lipinski definition) is 1. The fourth-order valence-corrected chi connectivity index (χ4v) is 5.25. The molecule has 3 heterocycles. The maximum absolute atomic E-state index is 12.9. The van der Waals surface area contributed by atoms with Crippen LogP contribution in [-0.4, -0.2) is 37.8 Å². The van der Waals surface area contributed by atoms with Crippen molar-refractivity contribution < 1.29 is 22.4 Å². The normalized spacial score (nSPS) is 15.2. The van der Waals surface area contributed by atoms with Gasteiger partial charge in [-0.05, 0) is 31.2 Å². The quantitative estimate of drug-likeness (QED) is 0.680. The molecule has 0 spiro atoms. The molecule has 0 fully saturated rings. The first-order chi connectivity index (χ1) is 13.8. The molecule has 0 unspecified atom stereocenters. The maximum atomic E-state index is 12.9. The highest BCUT2D eigenvalue weighted by Crippen LogP contribution is 2.36. The summed E-state index contributed by atoms with van der Waals surface area (Å²) in [5.74, 6) is -0.561. The van der Waals surface area contributed by atoms with Crippen molar-refractivity contribution in [3.8, 4) is 10.6 Å². The molecule has 1 aromatic carbocycles. The van der Waals surface area contributed by atoms with Crippen LogP contribution in [0, 0.1) is 6.92 Å². The fourth-order valence-electron chi connectivity index (χ4n) is 3.04. The van der Waals surface area contributed by atoms with Crippen LogP contribution in [0.1, 0.15) is 10.4 Å². The smallest absolute Gasteiger partial charge is 0.302 e. The highest BCUT2D eigenvalue weighted by Gasteiger charge is 2.38. The SMILES string of the molecule is COC1=C(C(=O)Nc2nc(-c3ccc(C)s3)co2)N(C)S(=O)(=O)c2ccccc21. The Morgan fingerprint density at radius 2 is 2.00 bits per heavy atom. The number of hydrogen-bond acceptors (Lipinski definition) is 7. The van der Waals surface area contributed by atoms with Crippen molar-refractivity contribution in [3.63, 3.8) is 0 Å². The molecule has 0 aliphatic carbocycles. The number of likely N-dealkylation sites (N-methyl/N-ethyl adjacent to an activating group) is 1. The molecule has 8 nitrogen and oxygen atoms in total. The van der Waals surface area contributed by atoms with E-state index in [9.17, 15) is 13.2 Å². The number of anilines is 1. The van der Waals surface area contributed by atoms with E-state index in [0.717, 1.165) is 14.1 Å². The molecule has 2 aromatic heterocycles. The summed E-state index contributed by atoms with van der Waals surface area (Å²) in [6.07, 6.45) is 1.43. The first-order valence-corrected chi connectivity index (χ1v) is 10.8. The molecule has 4 rings (SSSR count). The van der Waals surface area contributed by atoms with Gasteiger partial charge in [0, 0.05) is 17.5 Å². The van der Waals surface area contributed by atoms with E-state index in [0.29, 0.717) is 11.3 Å². The van der Waals surface area contributed by atoms with Gasteiger partial charge in [0.05, 0.1) is 16.9 Å². The van der Waals surface area contributed by atoms with Gasteiger partial charge in [-0.2, -0.15) is 4.98 Å². The Hall–Kier alpha value is -3.11. The summed E-state index contributed by atoms with van der Waals surface area (Å²) in [5, 5.41) is 2.52. The summed E-state index contributed by atoms with van der Waals surface area (Å²) in [7, 11) is -1.22. The number of ether oxygens (including phenoxy) is 1. The predicted octanol–water partition coefficient (Wildman–Crippen LogP) is 3.30. The number of aromatic nitrogens is 1. The van der Waals surface area contributed by atoms with Gasteiger partial charge >= 0.3 is 6.01 Å². The molecule has 0 saturated heterocycles. The number of methoxy groups -OCH3 is 1. The van der Waals surface area contributed by atoms with E-state index < -0.39 is 15.9 Å². The van der Waals surface area contributed by atoms with E-state index in [1.165, 1.54) is 26.5 Å².